The standard InChI is InChI=1S/C18H23NO3/c1-11-7-8-15(13-5-4-6-13)12(2)17(11)19-10-14(9-16(19)20)18(21)22-3/h7-8,13-14H,4-6,9-10H2,1-3H3. The van der Waals surface area contributed by atoms with E-state index in [-0.39, 0.29) is 24.2 Å². The number of hydrogen-bond acceptors (Lipinski definition) is 3. The number of anilines is 1. The van der Waals surface area contributed by atoms with Gasteiger partial charge in [0.05, 0.1) is 13.0 Å². The van der Waals surface area contributed by atoms with Crippen molar-refractivity contribution in [3.63, 3.8) is 0 Å². The number of amides is 1. The molecule has 1 unspecified atom stereocenters. The SMILES string of the molecule is COC(=O)C1CC(=O)N(c2c(C)ccc(C3CCC3)c2C)C1. The van der Waals surface area contributed by atoms with Crippen molar-refractivity contribution < 1.29 is 14.3 Å². The molecule has 1 aromatic carbocycles. The van der Waals surface area contributed by atoms with Crippen molar-refractivity contribution in [2.24, 2.45) is 5.92 Å². The van der Waals surface area contributed by atoms with Crippen LogP contribution in [0.2, 0.25) is 0 Å². The molecule has 1 saturated heterocycles. The molecule has 2 aliphatic rings. The maximum Gasteiger partial charge on any atom is 0.311 e. The lowest BCUT2D eigenvalue weighted by atomic mass is 9.77. The summed E-state index contributed by atoms with van der Waals surface area (Å²) in [5.74, 6) is 0.0192. The second kappa shape index (κ2) is 5.75. The second-order valence-corrected chi connectivity index (χ2v) is 6.50. The number of methoxy groups -OCH3 is 1. The highest BCUT2D eigenvalue weighted by atomic mass is 16.5. The fraction of sp³-hybridized carbons (Fsp3) is 0.556. The molecule has 22 heavy (non-hydrogen) atoms. The molecule has 1 aliphatic heterocycles. The molecule has 4 nitrogen and oxygen atoms in total. The molecule has 1 aromatic rings. The van der Waals surface area contributed by atoms with Crippen molar-refractivity contribution in [1.29, 1.82) is 0 Å². The van der Waals surface area contributed by atoms with Gasteiger partial charge in [-0.15, -0.1) is 0 Å². The number of aryl methyl sites for hydroxylation is 1. The number of rotatable bonds is 3. The summed E-state index contributed by atoms with van der Waals surface area (Å²) in [5.41, 5.74) is 4.66. The van der Waals surface area contributed by atoms with Gasteiger partial charge in [0.2, 0.25) is 5.91 Å². The Hall–Kier alpha value is -1.84. The molecule has 0 radical (unpaired) electrons. The Morgan fingerprint density at radius 3 is 2.59 bits per heavy atom. The summed E-state index contributed by atoms with van der Waals surface area (Å²) in [6, 6.07) is 4.31. The molecule has 1 saturated carbocycles. The van der Waals surface area contributed by atoms with Gasteiger partial charge in [0.15, 0.2) is 0 Å². The van der Waals surface area contributed by atoms with Crippen LogP contribution in [0.4, 0.5) is 5.69 Å². The number of carbonyl (C=O) groups is 2. The molecule has 1 heterocycles. The first-order valence-corrected chi connectivity index (χ1v) is 8.01. The average molecular weight is 301 g/mol. The van der Waals surface area contributed by atoms with Gasteiger partial charge in [-0.05, 0) is 49.3 Å². The van der Waals surface area contributed by atoms with Gasteiger partial charge in [0.25, 0.3) is 0 Å². The topological polar surface area (TPSA) is 46.6 Å². The fourth-order valence-corrected chi connectivity index (χ4v) is 3.68. The van der Waals surface area contributed by atoms with E-state index in [2.05, 4.69) is 19.1 Å². The molecule has 0 bridgehead atoms. The monoisotopic (exact) mass is 301 g/mol. The van der Waals surface area contributed by atoms with Crippen molar-refractivity contribution in [3.8, 4) is 0 Å². The number of benzene rings is 1. The molecule has 1 aliphatic carbocycles. The third-order valence-electron chi connectivity index (χ3n) is 5.15. The molecule has 118 valence electrons. The fourth-order valence-electron chi connectivity index (χ4n) is 3.68. The molecule has 1 atom stereocenters. The lowest BCUT2D eigenvalue weighted by Gasteiger charge is -2.30. The minimum absolute atomic E-state index is 0.0207. The highest BCUT2D eigenvalue weighted by molar-refractivity contribution is 6.00. The van der Waals surface area contributed by atoms with Gasteiger partial charge in [-0.1, -0.05) is 18.6 Å². The maximum absolute atomic E-state index is 12.4. The first-order chi connectivity index (χ1) is 10.5. The van der Waals surface area contributed by atoms with Crippen LogP contribution >= 0.6 is 0 Å². The predicted octanol–water partition coefficient (Wildman–Crippen LogP) is 3.10. The van der Waals surface area contributed by atoms with Gasteiger partial charge in [0, 0.05) is 18.7 Å². The zero-order chi connectivity index (χ0) is 15.9. The van der Waals surface area contributed by atoms with Crippen LogP contribution in [0.5, 0.6) is 0 Å². The molecule has 2 fully saturated rings. The van der Waals surface area contributed by atoms with E-state index in [0.717, 1.165) is 11.3 Å². The Morgan fingerprint density at radius 2 is 2.00 bits per heavy atom. The summed E-state index contributed by atoms with van der Waals surface area (Å²) >= 11 is 0. The number of nitrogens with zero attached hydrogens (tertiary/aromatic N) is 1. The van der Waals surface area contributed by atoms with Crippen molar-refractivity contribution in [3.05, 3.63) is 28.8 Å². The number of esters is 1. The van der Waals surface area contributed by atoms with Gasteiger partial charge < -0.3 is 9.64 Å². The summed E-state index contributed by atoms with van der Waals surface area (Å²) in [5, 5.41) is 0. The van der Waals surface area contributed by atoms with E-state index in [1.807, 2.05) is 6.92 Å². The van der Waals surface area contributed by atoms with Crippen LogP contribution < -0.4 is 4.90 Å². The second-order valence-electron chi connectivity index (χ2n) is 6.50. The molecule has 0 aromatic heterocycles. The summed E-state index contributed by atoms with van der Waals surface area (Å²) in [6.45, 7) is 4.57. The Kier molecular flexibility index (Phi) is 3.94. The van der Waals surface area contributed by atoms with Crippen LogP contribution in [-0.4, -0.2) is 25.5 Å². The molecular weight excluding hydrogens is 278 g/mol. The minimum Gasteiger partial charge on any atom is -0.469 e. The highest BCUT2D eigenvalue weighted by Crippen LogP contribution is 2.42. The van der Waals surface area contributed by atoms with E-state index in [1.165, 1.54) is 37.5 Å². The predicted molar refractivity (Wildman–Crippen MR) is 85.0 cm³/mol. The first kappa shape index (κ1) is 15.1. The summed E-state index contributed by atoms with van der Waals surface area (Å²) < 4.78 is 4.80. The maximum atomic E-state index is 12.4. The van der Waals surface area contributed by atoms with E-state index < -0.39 is 0 Å². The third kappa shape index (κ3) is 2.40. The van der Waals surface area contributed by atoms with Crippen molar-refractivity contribution in [1.82, 2.24) is 0 Å². The Morgan fingerprint density at radius 1 is 1.27 bits per heavy atom. The van der Waals surface area contributed by atoms with Gasteiger partial charge in [0.1, 0.15) is 0 Å². The molecular formula is C18H23NO3. The smallest absolute Gasteiger partial charge is 0.311 e. The van der Waals surface area contributed by atoms with Crippen molar-refractivity contribution in [2.75, 3.05) is 18.6 Å². The van der Waals surface area contributed by atoms with E-state index >= 15 is 0 Å². The van der Waals surface area contributed by atoms with Crippen LogP contribution in [0.25, 0.3) is 0 Å². The largest absolute Gasteiger partial charge is 0.469 e. The van der Waals surface area contributed by atoms with E-state index in [9.17, 15) is 9.59 Å². The highest BCUT2D eigenvalue weighted by Gasteiger charge is 2.37. The Bertz CT molecular complexity index is 619. The van der Waals surface area contributed by atoms with Gasteiger partial charge in [-0.3, -0.25) is 9.59 Å². The molecule has 1 amide bonds. The zero-order valence-corrected chi connectivity index (χ0v) is 13.5. The van der Waals surface area contributed by atoms with Gasteiger partial charge >= 0.3 is 5.97 Å². The van der Waals surface area contributed by atoms with E-state index in [0.29, 0.717) is 12.5 Å². The van der Waals surface area contributed by atoms with Gasteiger partial charge in [-0.2, -0.15) is 0 Å². The molecule has 0 N–H and O–H groups in total. The lowest BCUT2D eigenvalue weighted by molar-refractivity contribution is -0.145. The Balaban J connectivity index is 1.94. The average Bonchev–Trinajstić information content (AvgIpc) is 2.81. The molecule has 4 heteroatoms. The zero-order valence-electron chi connectivity index (χ0n) is 13.5. The minimum atomic E-state index is -0.344. The summed E-state index contributed by atoms with van der Waals surface area (Å²) in [4.78, 5) is 25.9. The van der Waals surface area contributed by atoms with Crippen molar-refractivity contribution in [2.45, 2.75) is 45.4 Å². The lowest BCUT2D eigenvalue weighted by Crippen LogP contribution is -2.28. The van der Waals surface area contributed by atoms with E-state index in [4.69, 9.17) is 4.74 Å². The molecule has 0 spiro atoms. The summed E-state index contributed by atoms with van der Waals surface area (Å²) in [6.07, 6.45) is 4.02. The van der Waals surface area contributed by atoms with Crippen molar-refractivity contribution >= 4 is 17.6 Å². The van der Waals surface area contributed by atoms with Crippen LogP contribution in [-0.2, 0) is 14.3 Å². The Labute approximate surface area is 131 Å². The number of ether oxygens (including phenoxy) is 1. The van der Waals surface area contributed by atoms with E-state index in [1.54, 1.807) is 4.90 Å². The normalized spacial score (nSPS) is 21.9. The number of hydrogen-bond donors (Lipinski definition) is 0. The van der Waals surface area contributed by atoms with Crippen LogP contribution in [0.3, 0.4) is 0 Å². The molecule has 3 rings (SSSR count). The quantitative estimate of drug-likeness (QED) is 0.806. The van der Waals surface area contributed by atoms with Crippen LogP contribution in [0.1, 0.15) is 48.3 Å². The van der Waals surface area contributed by atoms with Crippen LogP contribution in [0, 0.1) is 19.8 Å². The third-order valence-corrected chi connectivity index (χ3v) is 5.15. The van der Waals surface area contributed by atoms with Crippen LogP contribution in [0.15, 0.2) is 12.1 Å². The first-order valence-electron chi connectivity index (χ1n) is 8.01. The summed E-state index contributed by atoms with van der Waals surface area (Å²) in [7, 11) is 1.38. The van der Waals surface area contributed by atoms with Gasteiger partial charge in [-0.25, -0.2) is 0 Å². The number of carbonyl (C=O) groups excluding carboxylic acids is 2.